The number of methoxy groups -OCH3 is 1. The van der Waals surface area contributed by atoms with Crippen LogP contribution in [0.3, 0.4) is 0 Å². The van der Waals surface area contributed by atoms with Gasteiger partial charge in [0.1, 0.15) is 35.2 Å². The molecule has 0 saturated carbocycles. The number of thiol groups is 1. The van der Waals surface area contributed by atoms with Crippen molar-refractivity contribution in [2.24, 2.45) is 0 Å². The first kappa shape index (κ1) is 32.0. The largest absolute Gasteiger partial charge is 0.508 e. The summed E-state index contributed by atoms with van der Waals surface area (Å²) in [7, 11) is 3.27. The molecule has 3 aromatic carbocycles. The number of nitrogens with zero attached hydrogens (tertiary/aromatic N) is 1. The Morgan fingerprint density at radius 3 is 2.56 bits per heavy atom. The number of halogens is 2. The number of carbonyl (C=O) groups is 1. The topological polar surface area (TPSA) is 71.0 Å². The summed E-state index contributed by atoms with van der Waals surface area (Å²) in [6, 6.07) is 13.1. The quantitative estimate of drug-likeness (QED) is 0.242. The van der Waals surface area contributed by atoms with Crippen LogP contribution in [0.2, 0.25) is 0 Å². The minimum atomic E-state index is -0.767. The van der Waals surface area contributed by atoms with Crippen LogP contribution >= 0.6 is 24.2 Å². The van der Waals surface area contributed by atoms with Crippen LogP contribution in [0.4, 0.5) is 15.8 Å². The number of hydrogen-bond donors (Lipinski definition) is 3. The summed E-state index contributed by atoms with van der Waals surface area (Å²) in [4.78, 5) is 14.7. The molecule has 1 amide bonds. The average molecular weight is 623 g/mol. The second-order valence-electron chi connectivity index (χ2n) is 10.8. The molecule has 5 rings (SSSR count). The number of amides is 1. The van der Waals surface area contributed by atoms with Crippen LogP contribution in [0.15, 0.2) is 83.4 Å². The normalized spacial score (nSPS) is 15.3. The molecule has 2 aliphatic rings. The first-order valence-electron chi connectivity index (χ1n) is 13.8. The summed E-state index contributed by atoms with van der Waals surface area (Å²) in [6.45, 7) is 5.60. The van der Waals surface area contributed by atoms with Gasteiger partial charge in [-0.1, -0.05) is 42.0 Å². The van der Waals surface area contributed by atoms with Gasteiger partial charge in [0.25, 0.3) is 5.91 Å². The van der Waals surface area contributed by atoms with Gasteiger partial charge in [-0.05, 0) is 74.2 Å². The maximum absolute atomic E-state index is 13.8. The molecule has 0 radical (unpaired) electrons. The number of nitrogens with one attached hydrogen (secondary N) is 1. The molecular weight excluding hydrogens is 587 g/mol. The Hall–Kier alpha value is -3.88. The molecule has 43 heavy (non-hydrogen) atoms. The number of aryl methyl sites for hydroxylation is 1. The van der Waals surface area contributed by atoms with Crippen molar-refractivity contribution >= 4 is 41.5 Å². The predicted octanol–water partition coefficient (Wildman–Crippen LogP) is 8.19. The van der Waals surface area contributed by atoms with Crippen molar-refractivity contribution in [1.29, 1.82) is 0 Å². The van der Waals surface area contributed by atoms with Gasteiger partial charge >= 0.3 is 0 Å². The fraction of sp³-hybridized carbons (Fsp3) is 0.265. The van der Waals surface area contributed by atoms with Crippen LogP contribution < -0.4 is 19.7 Å². The van der Waals surface area contributed by atoms with E-state index < -0.39 is 5.54 Å². The van der Waals surface area contributed by atoms with Gasteiger partial charge in [0.05, 0.1) is 18.5 Å². The van der Waals surface area contributed by atoms with Crippen LogP contribution in [0, 0.1) is 12.7 Å². The molecule has 9 heteroatoms. The summed E-state index contributed by atoms with van der Waals surface area (Å²) >= 11 is 10.1. The minimum Gasteiger partial charge on any atom is -0.508 e. The van der Waals surface area contributed by atoms with E-state index in [1.54, 1.807) is 30.1 Å². The van der Waals surface area contributed by atoms with Crippen molar-refractivity contribution in [3.63, 3.8) is 0 Å². The van der Waals surface area contributed by atoms with E-state index in [9.17, 15) is 14.3 Å². The predicted molar refractivity (Wildman–Crippen MR) is 176 cm³/mol. The molecule has 0 saturated heterocycles. The lowest BCUT2D eigenvalue weighted by molar-refractivity contribution is -0.121. The maximum atomic E-state index is 13.8. The SMILES string of the molecule is COc1cc(O)ccc1-c1ccc2c(c1COc1cc(F)ccc1C)N(C)C(=O)C(C)(C)N2.SCC1=C(Cl)C=CC=CC1. The van der Waals surface area contributed by atoms with Gasteiger partial charge in [-0.15, -0.1) is 0 Å². The van der Waals surface area contributed by atoms with Crippen LogP contribution in [0.1, 0.15) is 31.4 Å². The molecule has 2 N–H and O–H groups in total. The van der Waals surface area contributed by atoms with E-state index in [1.165, 1.54) is 30.9 Å². The first-order chi connectivity index (χ1) is 20.5. The fourth-order valence-electron chi connectivity index (χ4n) is 5.00. The van der Waals surface area contributed by atoms with Crippen molar-refractivity contribution < 1.29 is 23.8 Å². The average Bonchev–Trinajstić information content (AvgIpc) is 3.20. The number of fused-ring (bicyclic) bond motifs is 1. The summed E-state index contributed by atoms with van der Waals surface area (Å²) in [5, 5.41) is 14.1. The van der Waals surface area contributed by atoms with Gasteiger partial charge in [0.15, 0.2) is 0 Å². The lowest BCUT2D eigenvalue weighted by Gasteiger charge is -2.39. The fourth-order valence-corrected chi connectivity index (χ4v) is 5.61. The third-order valence-corrected chi connectivity index (χ3v) is 8.06. The number of rotatable bonds is 6. The first-order valence-corrected chi connectivity index (χ1v) is 14.8. The lowest BCUT2D eigenvalue weighted by atomic mass is 9.91. The van der Waals surface area contributed by atoms with Gasteiger partial charge in [-0.25, -0.2) is 4.39 Å². The molecule has 1 aliphatic heterocycles. The Bertz CT molecular complexity index is 1620. The minimum absolute atomic E-state index is 0.0810. The molecule has 0 atom stereocenters. The molecule has 226 valence electrons. The van der Waals surface area contributed by atoms with Crippen LogP contribution in [0.25, 0.3) is 11.1 Å². The molecule has 0 bridgehead atoms. The van der Waals surface area contributed by atoms with Gasteiger partial charge in [-0.3, -0.25) is 4.79 Å². The molecule has 1 heterocycles. The number of benzene rings is 3. The number of likely N-dealkylation sites (N-methyl/N-ethyl adjacent to an activating group) is 1. The lowest BCUT2D eigenvalue weighted by Crippen LogP contribution is -2.52. The summed E-state index contributed by atoms with van der Waals surface area (Å²) < 4.78 is 25.4. The van der Waals surface area contributed by atoms with Gasteiger partial charge in [-0.2, -0.15) is 12.6 Å². The molecule has 0 fully saturated rings. The monoisotopic (exact) mass is 622 g/mol. The van der Waals surface area contributed by atoms with E-state index in [4.69, 9.17) is 21.1 Å². The highest BCUT2D eigenvalue weighted by molar-refractivity contribution is 7.80. The van der Waals surface area contributed by atoms with E-state index in [1.807, 2.05) is 51.1 Å². The number of ether oxygens (including phenoxy) is 2. The molecule has 0 unspecified atom stereocenters. The van der Waals surface area contributed by atoms with Crippen molar-refractivity contribution in [2.45, 2.75) is 39.3 Å². The zero-order valence-electron chi connectivity index (χ0n) is 24.9. The number of aromatic hydroxyl groups is 1. The Labute approximate surface area is 262 Å². The Kier molecular flexibility index (Phi) is 10.1. The van der Waals surface area contributed by atoms with Crippen molar-refractivity contribution in [2.75, 3.05) is 30.1 Å². The number of hydrogen-bond acceptors (Lipinski definition) is 6. The van der Waals surface area contributed by atoms with Gasteiger partial charge in [0.2, 0.25) is 0 Å². The molecule has 3 aromatic rings. The highest BCUT2D eigenvalue weighted by atomic mass is 35.5. The third-order valence-electron chi connectivity index (χ3n) is 7.28. The molecule has 1 aliphatic carbocycles. The van der Waals surface area contributed by atoms with Crippen LogP contribution in [-0.4, -0.2) is 36.5 Å². The van der Waals surface area contributed by atoms with Crippen LogP contribution in [0.5, 0.6) is 17.2 Å². The standard InChI is InChI=1S/C26H27FN2O4.C8H9ClS/c1-15-6-7-16(27)12-22(15)33-14-20-18(19-9-8-17(30)13-23(19)32-5)10-11-21-24(20)29(4)25(31)26(2,3)28-21;9-8-5-3-1-2-4-7(8)6-10/h6-13,28,30H,14H2,1-5H3;1-3,5,10H,4,6H2. The molecular formula is C34H36ClFN2O4S. The Morgan fingerprint density at radius 1 is 1.09 bits per heavy atom. The second kappa shape index (κ2) is 13.6. The van der Waals surface area contributed by atoms with Gasteiger partial charge in [0, 0.05) is 41.1 Å². The number of phenolic OH excluding ortho intramolecular Hbond substituents is 1. The Morgan fingerprint density at radius 2 is 1.84 bits per heavy atom. The summed E-state index contributed by atoms with van der Waals surface area (Å²) in [6.07, 6.45) is 8.85. The van der Waals surface area contributed by atoms with Gasteiger partial charge < -0.3 is 24.8 Å². The number of phenols is 1. The second-order valence-corrected chi connectivity index (χ2v) is 11.5. The third kappa shape index (κ3) is 7.20. The molecule has 6 nitrogen and oxygen atoms in total. The van der Waals surface area contributed by atoms with Crippen molar-refractivity contribution in [3.8, 4) is 28.4 Å². The highest BCUT2D eigenvalue weighted by Gasteiger charge is 2.38. The highest BCUT2D eigenvalue weighted by Crippen LogP contribution is 2.45. The number of carbonyl (C=O) groups excluding carboxylic acids is 1. The maximum Gasteiger partial charge on any atom is 0.251 e. The van der Waals surface area contributed by atoms with E-state index in [0.717, 1.165) is 45.1 Å². The number of allylic oxidation sites excluding steroid dienone is 5. The van der Waals surface area contributed by atoms with E-state index >= 15 is 0 Å². The van der Waals surface area contributed by atoms with Crippen molar-refractivity contribution in [3.05, 3.63) is 100 Å². The zero-order valence-corrected chi connectivity index (χ0v) is 26.5. The Balaban J connectivity index is 0.000000359. The van der Waals surface area contributed by atoms with E-state index in [2.05, 4.69) is 24.0 Å². The van der Waals surface area contributed by atoms with Crippen molar-refractivity contribution in [1.82, 2.24) is 0 Å². The molecule has 0 aromatic heterocycles. The summed E-state index contributed by atoms with van der Waals surface area (Å²) in [5.41, 5.74) is 4.94. The number of anilines is 2. The smallest absolute Gasteiger partial charge is 0.251 e. The van der Waals surface area contributed by atoms with E-state index in [0.29, 0.717) is 17.2 Å². The van der Waals surface area contributed by atoms with E-state index in [-0.39, 0.29) is 24.1 Å². The summed E-state index contributed by atoms with van der Waals surface area (Å²) in [5.74, 6) is 1.26. The molecule has 0 spiro atoms. The zero-order chi connectivity index (χ0) is 31.3. The van der Waals surface area contributed by atoms with Crippen LogP contribution in [-0.2, 0) is 11.4 Å².